The Hall–Kier alpha value is -1.33. The normalized spacial score (nSPS) is 10.7. The molecule has 0 bridgehead atoms. The van der Waals surface area contributed by atoms with Gasteiger partial charge in [-0.05, 0) is 41.1 Å². The molecule has 0 saturated carbocycles. The summed E-state index contributed by atoms with van der Waals surface area (Å²) >= 11 is 8.01. The number of nitrogens with one attached hydrogen (secondary N) is 2. The maximum absolute atomic E-state index is 11.6. The van der Waals surface area contributed by atoms with Gasteiger partial charge in [-0.3, -0.25) is 10.2 Å². The second-order valence-corrected chi connectivity index (χ2v) is 5.03. The second-order valence-electron chi connectivity index (χ2n) is 3.54. The summed E-state index contributed by atoms with van der Waals surface area (Å²) in [6.07, 6.45) is 0.796. The molecule has 1 aromatic carbocycles. The largest absolute Gasteiger partial charge is 0.350 e. The molecule has 19 heavy (non-hydrogen) atoms. The summed E-state index contributed by atoms with van der Waals surface area (Å²) < 4.78 is 0.775. The van der Waals surface area contributed by atoms with Crippen molar-refractivity contribution in [1.82, 2.24) is 5.32 Å². The van der Waals surface area contributed by atoms with Crippen LogP contribution in [0, 0.1) is 14.9 Å². The molecule has 0 aliphatic carbocycles. The molecule has 0 fully saturated rings. The summed E-state index contributed by atoms with van der Waals surface area (Å²) in [5, 5.41) is 15.8. The van der Waals surface area contributed by atoms with Crippen LogP contribution in [0.2, 0.25) is 5.02 Å². The third-order valence-corrected chi connectivity index (χ3v) is 3.89. The van der Waals surface area contributed by atoms with Crippen molar-refractivity contribution in [1.29, 1.82) is 5.26 Å². The van der Waals surface area contributed by atoms with E-state index in [2.05, 4.69) is 38.4 Å². The first kappa shape index (κ1) is 15.7. The number of hydrazone groups is 1. The molecule has 0 radical (unpaired) electrons. The van der Waals surface area contributed by atoms with Crippen LogP contribution in [0.25, 0.3) is 0 Å². The molecule has 0 saturated heterocycles. The molecule has 0 aliphatic heterocycles. The molecule has 0 spiro atoms. The van der Waals surface area contributed by atoms with Gasteiger partial charge in [-0.2, -0.15) is 10.4 Å². The predicted octanol–water partition coefficient (Wildman–Crippen LogP) is 2.76. The molecule has 100 valence electrons. The van der Waals surface area contributed by atoms with Crippen molar-refractivity contribution in [2.75, 3.05) is 12.0 Å². The number of hydrogen-bond donors (Lipinski definition) is 2. The Kier molecular flexibility index (Phi) is 6.59. The number of hydrogen-bond acceptors (Lipinski definition) is 4. The lowest BCUT2D eigenvalue weighted by Gasteiger charge is -2.05. The molecule has 1 rings (SSSR count). The minimum Gasteiger partial charge on any atom is -0.350 e. The van der Waals surface area contributed by atoms with Crippen molar-refractivity contribution in [3.63, 3.8) is 0 Å². The SMILES string of the molecule is CCCNC(=O)C(C#N)=NNc1cccc(Cl)c1I. The van der Waals surface area contributed by atoms with E-state index in [1.54, 1.807) is 24.3 Å². The summed E-state index contributed by atoms with van der Waals surface area (Å²) in [4.78, 5) is 11.6. The summed E-state index contributed by atoms with van der Waals surface area (Å²) in [6.45, 7) is 2.43. The minimum absolute atomic E-state index is 0.218. The first-order valence-corrected chi connectivity index (χ1v) is 7.01. The highest BCUT2D eigenvalue weighted by Gasteiger charge is 2.10. The zero-order chi connectivity index (χ0) is 14.3. The Morgan fingerprint density at radius 3 is 2.95 bits per heavy atom. The zero-order valence-corrected chi connectivity index (χ0v) is 13.1. The van der Waals surface area contributed by atoms with Crippen LogP contribution >= 0.6 is 34.2 Å². The van der Waals surface area contributed by atoms with Crippen molar-refractivity contribution < 1.29 is 4.79 Å². The molecule has 0 heterocycles. The highest BCUT2D eigenvalue weighted by molar-refractivity contribution is 14.1. The van der Waals surface area contributed by atoms with Crippen molar-refractivity contribution in [2.24, 2.45) is 5.10 Å². The predicted molar refractivity (Wildman–Crippen MR) is 84.1 cm³/mol. The fourth-order valence-corrected chi connectivity index (χ4v) is 1.81. The number of halogens is 2. The van der Waals surface area contributed by atoms with E-state index < -0.39 is 5.91 Å². The number of anilines is 1. The molecule has 0 aliphatic rings. The fraction of sp³-hybridized carbons (Fsp3) is 0.250. The van der Waals surface area contributed by atoms with Crippen LogP contribution in [0.4, 0.5) is 5.69 Å². The van der Waals surface area contributed by atoms with Crippen LogP contribution < -0.4 is 10.7 Å². The van der Waals surface area contributed by atoms with Gasteiger partial charge in [0.25, 0.3) is 5.91 Å². The van der Waals surface area contributed by atoms with Gasteiger partial charge in [-0.25, -0.2) is 0 Å². The summed E-state index contributed by atoms with van der Waals surface area (Å²) in [5.74, 6) is -0.492. The molecular weight excluding hydrogens is 379 g/mol. The maximum Gasteiger partial charge on any atom is 0.282 e. The molecule has 2 N–H and O–H groups in total. The zero-order valence-electron chi connectivity index (χ0n) is 10.2. The van der Waals surface area contributed by atoms with E-state index in [0.29, 0.717) is 17.3 Å². The van der Waals surface area contributed by atoms with E-state index in [4.69, 9.17) is 16.9 Å². The minimum atomic E-state index is -0.492. The van der Waals surface area contributed by atoms with Gasteiger partial charge < -0.3 is 5.32 Å². The molecule has 1 aromatic rings. The number of benzene rings is 1. The van der Waals surface area contributed by atoms with Crippen LogP contribution in [0.1, 0.15) is 13.3 Å². The van der Waals surface area contributed by atoms with Crippen LogP contribution in [-0.2, 0) is 4.79 Å². The van der Waals surface area contributed by atoms with Gasteiger partial charge in [0.2, 0.25) is 5.71 Å². The summed E-state index contributed by atoms with van der Waals surface area (Å²) in [7, 11) is 0. The molecular formula is C12H12ClIN4O. The number of carbonyl (C=O) groups excluding carboxylic acids is 1. The average Bonchev–Trinajstić information content (AvgIpc) is 2.41. The lowest BCUT2D eigenvalue weighted by Crippen LogP contribution is -2.31. The number of nitriles is 1. The van der Waals surface area contributed by atoms with E-state index >= 15 is 0 Å². The molecule has 0 aromatic heterocycles. The highest BCUT2D eigenvalue weighted by Crippen LogP contribution is 2.25. The lowest BCUT2D eigenvalue weighted by atomic mass is 10.3. The van der Waals surface area contributed by atoms with Gasteiger partial charge >= 0.3 is 0 Å². The van der Waals surface area contributed by atoms with Crippen LogP contribution in [0.3, 0.4) is 0 Å². The van der Waals surface area contributed by atoms with Crippen molar-refractivity contribution in [2.45, 2.75) is 13.3 Å². The van der Waals surface area contributed by atoms with Gasteiger partial charge in [-0.1, -0.05) is 24.6 Å². The van der Waals surface area contributed by atoms with Gasteiger partial charge in [0.15, 0.2) is 0 Å². The third kappa shape index (κ3) is 4.69. The van der Waals surface area contributed by atoms with Gasteiger partial charge in [0.05, 0.1) is 14.3 Å². The lowest BCUT2D eigenvalue weighted by molar-refractivity contribution is -0.114. The van der Waals surface area contributed by atoms with E-state index in [1.807, 2.05) is 6.92 Å². The monoisotopic (exact) mass is 390 g/mol. The van der Waals surface area contributed by atoms with Crippen molar-refractivity contribution in [3.05, 3.63) is 26.8 Å². The second kappa shape index (κ2) is 7.96. The number of amides is 1. The number of carbonyl (C=O) groups is 1. The average molecular weight is 391 g/mol. The number of nitrogens with zero attached hydrogens (tertiary/aromatic N) is 2. The van der Waals surface area contributed by atoms with Gasteiger partial charge in [0.1, 0.15) is 6.07 Å². The topological polar surface area (TPSA) is 77.3 Å². The smallest absolute Gasteiger partial charge is 0.282 e. The van der Waals surface area contributed by atoms with Crippen LogP contribution in [-0.4, -0.2) is 18.2 Å². The standard InChI is InChI=1S/C12H12ClIN4O/c1-2-6-16-12(19)10(7-15)18-17-9-5-3-4-8(13)11(9)14/h3-5,17H,2,6H2,1H3,(H,16,19). The molecule has 0 atom stereocenters. The molecule has 5 nitrogen and oxygen atoms in total. The fourth-order valence-electron chi connectivity index (χ4n) is 1.16. The Morgan fingerprint density at radius 2 is 2.32 bits per heavy atom. The van der Waals surface area contributed by atoms with E-state index in [0.717, 1.165) is 9.99 Å². The Balaban J connectivity index is 2.81. The molecule has 7 heteroatoms. The molecule has 0 unspecified atom stereocenters. The Morgan fingerprint density at radius 1 is 1.58 bits per heavy atom. The van der Waals surface area contributed by atoms with Crippen molar-refractivity contribution >= 4 is 51.5 Å². The van der Waals surface area contributed by atoms with Gasteiger partial charge in [0, 0.05) is 6.54 Å². The Bertz CT molecular complexity index is 539. The summed E-state index contributed by atoms with van der Waals surface area (Å²) in [5.41, 5.74) is 3.10. The highest BCUT2D eigenvalue weighted by atomic mass is 127. The summed E-state index contributed by atoms with van der Waals surface area (Å²) in [6, 6.07) is 7.02. The first-order chi connectivity index (χ1) is 9.10. The van der Waals surface area contributed by atoms with E-state index in [1.165, 1.54) is 0 Å². The maximum atomic E-state index is 11.6. The quantitative estimate of drug-likeness (QED) is 0.461. The number of rotatable bonds is 5. The van der Waals surface area contributed by atoms with Crippen LogP contribution in [0.15, 0.2) is 23.3 Å². The van der Waals surface area contributed by atoms with Crippen LogP contribution in [0.5, 0.6) is 0 Å². The van der Waals surface area contributed by atoms with Gasteiger partial charge in [-0.15, -0.1) is 0 Å². The first-order valence-electron chi connectivity index (χ1n) is 5.56. The van der Waals surface area contributed by atoms with Crippen molar-refractivity contribution in [3.8, 4) is 6.07 Å². The third-order valence-electron chi connectivity index (χ3n) is 2.10. The Labute approximate surface area is 130 Å². The molecule has 1 amide bonds. The van der Waals surface area contributed by atoms with E-state index in [9.17, 15) is 4.79 Å². The van der Waals surface area contributed by atoms with E-state index in [-0.39, 0.29) is 5.71 Å².